The van der Waals surface area contributed by atoms with E-state index in [4.69, 9.17) is 4.74 Å². The molecule has 84 valence electrons. The number of ether oxygens (including phenoxy) is 1. The zero-order valence-corrected chi connectivity index (χ0v) is 10.9. The van der Waals surface area contributed by atoms with Gasteiger partial charge in [0.25, 0.3) is 0 Å². The van der Waals surface area contributed by atoms with E-state index in [1.807, 2.05) is 0 Å². The zero-order valence-electron chi connectivity index (χ0n) is 9.31. The highest BCUT2D eigenvalue weighted by Gasteiger charge is 2.10. The van der Waals surface area contributed by atoms with Crippen molar-refractivity contribution in [1.29, 1.82) is 0 Å². The van der Waals surface area contributed by atoms with E-state index in [0.717, 1.165) is 6.42 Å². The molecule has 0 atom stereocenters. The van der Waals surface area contributed by atoms with Gasteiger partial charge in [-0.15, -0.1) is 0 Å². The number of benzene rings is 1. The third-order valence-corrected chi connectivity index (χ3v) is 2.62. The number of rotatable bonds is 3. The highest BCUT2D eigenvalue weighted by Crippen LogP contribution is 2.23. The van der Waals surface area contributed by atoms with Crippen molar-refractivity contribution in [3.63, 3.8) is 0 Å². The van der Waals surface area contributed by atoms with Gasteiger partial charge in [0.05, 0.1) is 11.1 Å². The summed E-state index contributed by atoms with van der Waals surface area (Å²) in [5.41, 5.74) is 0.261. The minimum Gasteiger partial charge on any atom is -0.494 e. The predicted octanol–water partition coefficient (Wildman–Crippen LogP) is 4.40. The van der Waals surface area contributed by atoms with E-state index in [1.165, 1.54) is 6.07 Å². The average molecular weight is 275 g/mol. The molecule has 0 N–H and O–H groups in total. The topological polar surface area (TPSA) is 9.23 Å². The molecular formula is C12H16BrFO. The molecule has 0 radical (unpaired) electrons. The second-order valence-corrected chi connectivity index (χ2v) is 5.59. The van der Waals surface area contributed by atoms with E-state index < -0.39 is 0 Å². The van der Waals surface area contributed by atoms with Crippen LogP contribution >= 0.6 is 15.9 Å². The van der Waals surface area contributed by atoms with Crippen LogP contribution in [0.1, 0.15) is 27.2 Å². The first-order valence-electron chi connectivity index (χ1n) is 4.96. The molecule has 15 heavy (non-hydrogen) atoms. The van der Waals surface area contributed by atoms with Gasteiger partial charge in [-0.1, -0.05) is 20.8 Å². The van der Waals surface area contributed by atoms with Crippen molar-refractivity contribution in [3.05, 3.63) is 28.5 Å². The van der Waals surface area contributed by atoms with Crippen molar-refractivity contribution in [2.45, 2.75) is 27.2 Å². The Morgan fingerprint density at radius 2 is 2.00 bits per heavy atom. The van der Waals surface area contributed by atoms with Crippen LogP contribution in [0.2, 0.25) is 0 Å². The van der Waals surface area contributed by atoms with Gasteiger partial charge in [0, 0.05) is 0 Å². The van der Waals surface area contributed by atoms with Gasteiger partial charge >= 0.3 is 0 Å². The number of hydrogen-bond donors (Lipinski definition) is 0. The van der Waals surface area contributed by atoms with Gasteiger partial charge in [0.1, 0.15) is 11.6 Å². The minimum absolute atomic E-state index is 0.261. The minimum atomic E-state index is -0.266. The maximum atomic E-state index is 12.9. The predicted molar refractivity (Wildman–Crippen MR) is 63.7 cm³/mol. The Morgan fingerprint density at radius 3 is 2.53 bits per heavy atom. The quantitative estimate of drug-likeness (QED) is 0.794. The van der Waals surface area contributed by atoms with E-state index in [-0.39, 0.29) is 11.2 Å². The standard InChI is InChI=1S/C12H16BrFO/c1-12(2,3)6-7-15-9-4-5-11(14)10(13)8-9/h4-5,8H,6-7H2,1-3H3. The summed E-state index contributed by atoms with van der Waals surface area (Å²) >= 11 is 3.12. The Hall–Kier alpha value is -0.570. The van der Waals surface area contributed by atoms with Gasteiger partial charge in [0.2, 0.25) is 0 Å². The lowest BCUT2D eigenvalue weighted by Crippen LogP contribution is -2.11. The van der Waals surface area contributed by atoms with Crippen LogP contribution in [0.25, 0.3) is 0 Å². The fourth-order valence-electron chi connectivity index (χ4n) is 1.04. The molecule has 1 aromatic carbocycles. The molecule has 0 unspecified atom stereocenters. The molecule has 0 spiro atoms. The molecule has 3 heteroatoms. The summed E-state index contributed by atoms with van der Waals surface area (Å²) < 4.78 is 18.9. The third kappa shape index (κ3) is 4.65. The van der Waals surface area contributed by atoms with E-state index in [0.29, 0.717) is 16.8 Å². The molecule has 0 aromatic heterocycles. The van der Waals surface area contributed by atoms with E-state index in [2.05, 4.69) is 36.7 Å². The first-order valence-corrected chi connectivity index (χ1v) is 5.76. The van der Waals surface area contributed by atoms with Crippen molar-refractivity contribution >= 4 is 15.9 Å². The lowest BCUT2D eigenvalue weighted by atomic mass is 9.93. The van der Waals surface area contributed by atoms with Crippen LogP contribution in [0.15, 0.2) is 22.7 Å². The normalized spacial score (nSPS) is 11.5. The van der Waals surface area contributed by atoms with Crippen molar-refractivity contribution in [2.75, 3.05) is 6.61 Å². The molecule has 0 amide bonds. The highest BCUT2D eigenvalue weighted by molar-refractivity contribution is 9.10. The fraction of sp³-hybridized carbons (Fsp3) is 0.500. The van der Waals surface area contributed by atoms with Crippen LogP contribution in [0.5, 0.6) is 5.75 Å². The Balaban J connectivity index is 2.48. The lowest BCUT2D eigenvalue weighted by molar-refractivity contribution is 0.242. The summed E-state index contributed by atoms with van der Waals surface area (Å²) in [6.45, 7) is 7.15. The Bertz CT molecular complexity index is 331. The Labute approximate surface area is 98.8 Å². The van der Waals surface area contributed by atoms with E-state index >= 15 is 0 Å². The van der Waals surface area contributed by atoms with Crippen molar-refractivity contribution < 1.29 is 9.13 Å². The Morgan fingerprint density at radius 1 is 1.33 bits per heavy atom. The maximum absolute atomic E-state index is 12.9. The molecule has 0 fully saturated rings. The van der Waals surface area contributed by atoms with Gasteiger partial charge < -0.3 is 4.74 Å². The van der Waals surface area contributed by atoms with Crippen LogP contribution in [-0.2, 0) is 0 Å². The van der Waals surface area contributed by atoms with Crippen molar-refractivity contribution in [1.82, 2.24) is 0 Å². The van der Waals surface area contributed by atoms with E-state index in [9.17, 15) is 4.39 Å². The monoisotopic (exact) mass is 274 g/mol. The van der Waals surface area contributed by atoms with Crippen molar-refractivity contribution in [3.8, 4) is 5.75 Å². The molecule has 0 aliphatic heterocycles. The summed E-state index contributed by atoms with van der Waals surface area (Å²) in [7, 11) is 0. The fourth-order valence-corrected chi connectivity index (χ4v) is 1.40. The molecule has 0 bridgehead atoms. The molecule has 1 aromatic rings. The SMILES string of the molecule is CC(C)(C)CCOc1ccc(F)c(Br)c1. The molecule has 1 nitrogen and oxygen atoms in total. The molecule has 0 heterocycles. The first-order chi connectivity index (χ1) is 6.88. The van der Waals surface area contributed by atoms with Crippen LogP contribution in [0.3, 0.4) is 0 Å². The van der Waals surface area contributed by atoms with Crippen LogP contribution < -0.4 is 4.74 Å². The first kappa shape index (κ1) is 12.5. The molecule has 1 rings (SSSR count). The second-order valence-electron chi connectivity index (χ2n) is 4.74. The zero-order chi connectivity index (χ0) is 11.5. The smallest absolute Gasteiger partial charge is 0.137 e. The molecular weight excluding hydrogens is 259 g/mol. The van der Waals surface area contributed by atoms with Crippen LogP contribution in [0, 0.1) is 11.2 Å². The third-order valence-electron chi connectivity index (χ3n) is 2.01. The molecule has 0 aliphatic rings. The average Bonchev–Trinajstić information content (AvgIpc) is 2.09. The largest absolute Gasteiger partial charge is 0.494 e. The van der Waals surface area contributed by atoms with Crippen molar-refractivity contribution in [2.24, 2.45) is 5.41 Å². The van der Waals surface area contributed by atoms with Gasteiger partial charge in [-0.2, -0.15) is 0 Å². The summed E-state index contributed by atoms with van der Waals surface area (Å²) in [6, 6.07) is 4.69. The summed E-state index contributed by atoms with van der Waals surface area (Å²) in [4.78, 5) is 0. The number of halogens is 2. The molecule has 0 saturated carbocycles. The summed E-state index contributed by atoms with van der Waals surface area (Å²) in [5.74, 6) is 0.436. The maximum Gasteiger partial charge on any atom is 0.137 e. The summed E-state index contributed by atoms with van der Waals surface area (Å²) in [6.07, 6.45) is 0.974. The van der Waals surface area contributed by atoms with Gasteiger partial charge in [-0.25, -0.2) is 4.39 Å². The lowest BCUT2D eigenvalue weighted by Gasteiger charge is -2.18. The van der Waals surface area contributed by atoms with Crippen LogP contribution in [-0.4, -0.2) is 6.61 Å². The molecule has 0 saturated heterocycles. The van der Waals surface area contributed by atoms with E-state index in [1.54, 1.807) is 12.1 Å². The Kier molecular flexibility index (Phi) is 4.14. The highest BCUT2D eigenvalue weighted by atomic mass is 79.9. The molecule has 0 aliphatic carbocycles. The second kappa shape index (κ2) is 4.97. The van der Waals surface area contributed by atoms with Gasteiger partial charge in [-0.3, -0.25) is 0 Å². The number of hydrogen-bond acceptors (Lipinski definition) is 1. The van der Waals surface area contributed by atoms with Gasteiger partial charge in [-0.05, 0) is 46.0 Å². The summed E-state index contributed by atoms with van der Waals surface area (Å²) in [5, 5.41) is 0. The van der Waals surface area contributed by atoms with Crippen LogP contribution in [0.4, 0.5) is 4.39 Å². The van der Waals surface area contributed by atoms with Gasteiger partial charge in [0.15, 0.2) is 0 Å².